The van der Waals surface area contributed by atoms with Gasteiger partial charge in [-0.05, 0) is 30.7 Å². The number of methoxy groups -OCH3 is 1. The molecule has 0 saturated carbocycles. The first kappa shape index (κ1) is 21.0. The van der Waals surface area contributed by atoms with E-state index in [4.69, 9.17) is 9.47 Å². The minimum atomic E-state index is -0.102. The number of anilines is 1. The standard InChI is InChI=1S/C22H20IN5O3/c1-14(23)28-13-16(11-26-28)27-21(29)9-15-3-5-17(6-4-15)31-20-7-8-24-19-10-22(30-2)25-12-18(19)20/h3-8,10-14H,9H2,1-2H3,(H,27,29). The van der Waals surface area contributed by atoms with E-state index in [0.717, 1.165) is 16.5 Å². The van der Waals surface area contributed by atoms with Crippen LogP contribution in [0.1, 0.15) is 16.5 Å². The highest BCUT2D eigenvalue weighted by Crippen LogP contribution is 2.29. The van der Waals surface area contributed by atoms with Crippen LogP contribution in [0.25, 0.3) is 10.9 Å². The molecule has 1 N–H and O–H groups in total. The summed E-state index contributed by atoms with van der Waals surface area (Å²) in [5.41, 5.74) is 2.30. The number of rotatable bonds is 7. The molecule has 8 nitrogen and oxygen atoms in total. The van der Waals surface area contributed by atoms with Crippen molar-refractivity contribution in [1.29, 1.82) is 0 Å². The third kappa shape index (κ3) is 5.10. The summed E-state index contributed by atoms with van der Waals surface area (Å²) in [6.45, 7) is 2.02. The molecule has 0 bridgehead atoms. The van der Waals surface area contributed by atoms with Crippen molar-refractivity contribution in [3.05, 3.63) is 66.7 Å². The summed E-state index contributed by atoms with van der Waals surface area (Å²) in [4.78, 5) is 20.9. The number of amides is 1. The van der Waals surface area contributed by atoms with Gasteiger partial charge in [-0.1, -0.05) is 34.7 Å². The molecule has 0 saturated heterocycles. The lowest BCUT2D eigenvalue weighted by atomic mass is 10.1. The summed E-state index contributed by atoms with van der Waals surface area (Å²) in [6, 6.07) is 11.0. The third-order valence-corrected chi connectivity index (χ3v) is 5.11. The lowest BCUT2D eigenvalue weighted by molar-refractivity contribution is -0.115. The lowest BCUT2D eigenvalue weighted by Gasteiger charge is -2.10. The molecule has 4 rings (SSSR count). The number of benzene rings is 1. The maximum absolute atomic E-state index is 12.3. The van der Waals surface area contributed by atoms with Gasteiger partial charge in [0, 0.05) is 24.7 Å². The number of alkyl halides is 1. The molecule has 0 aliphatic heterocycles. The fourth-order valence-electron chi connectivity index (χ4n) is 2.99. The normalized spacial score (nSPS) is 11.8. The van der Waals surface area contributed by atoms with E-state index in [9.17, 15) is 4.79 Å². The van der Waals surface area contributed by atoms with Gasteiger partial charge in [0.05, 0.1) is 36.3 Å². The van der Waals surface area contributed by atoms with Crippen molar-refractivity contribution in [2.45, 2.75) is 17.4 Å². The molecule has 158 valence electrons. The molecule has 31 heavy (non-hydrogen) atoms. The number of hydrogen-bond donors (Lipinski definition) is 1. The van der Waals surface area contributed by atoms with Crippen LogP contribution in [-0.4, -0.2) is 32.8 Å². The van der Waals surface area contributed by atoms with Crippen LogP contribution >= 0.6 is 22.6 Å². The minimum absolute atomic E-state index is 0.102. The number of fused-ring (bicyclic) bond motifs is 1. The van der Waals surface area contributed by atoms with E-state index < -0.39 is 0 Å². The van der Waals surface area contributed by atoms with Crippen molar-refractivity contribution in [2.75, 3.05) is 12.4 Å². The summed E-state index contributed by atoms with van der Waals surface area (Å²) in [5, 5.41) is 7.87. The van der Waals surface area contributed by atoms with Crippen LogP contribution in [0.4, 0.5) is 5.69 Å². The van der Waals surface area contributed by atoms with Gasteiger partial charge < -0.3 is 14.8 Å². The predicted octanol–water partition coefficient (Wildman–Crippen LogP) is 4.76. The van der Waals surface area contributed by atoms with Crippen LogP contribution in [0.2, 0.25) is 0 Å². The van der Waals surface area contributed by atoms with Gasteiger partial charge in [-0.3, -0.25) is 14.5 Å². The SMILES string of the molecule is COc1cc2nccc(Oc3ccc(CC(=O)Nc4cnn(C(C)I)c4)cc3)c2cn1. The first-order chi connectivity index (χ1) is 15.0. The Morgan fingerprint density at radius 2 is 2.00 bits per heavy atom. The second-order valence-corrected chi connectivity index (χ2v) is 8.61. The molecule has 4 aromatic rings. The molecule has 1 unspecified atom stereocenters. The zero-order chi connectivity index (χ0) is 21.8. The van der Waals surface area contributed by atoms with Crippen LogP contribution in [0.3, 0.4) is 0 Å². The molecular formula is C22H20IN5O3. The number of carbonyl (C=O) groups is 1. The van der Waals surface area contributed by atoms with Crippen LogP contribution in [0.5, 0.6) is 17.4 Å². The van der Waals surface area contributed by atoms with Crippen molar-refractivity contribution in [1.82, 2.24) is 19.7 Å². The molecule has 0 radical (unpaired) electrons. The second-order valence-electron chi connectivity index (χ2n) is 6.81. The van der Waals surface area contributed by atoms with E-state index >= 15 is 0 Å². The molecular weight excluding hydrogens is 509 g/mol. The molecule has 0 aliphatic rings. The first-order valence-electron chi connectivity index (χ1n) is 9.55. The van der Waals surface area contributed by atoms with Gasteiger partial charge in [0.1, 0.15) is 15.5 Å². The molecule has 0 aliphatic carbocycles. The quantitative estimate of drug-likeness (QED) is 0.274. The highest BCUT2D eigenvalue weighted by Gasteiger charge is 2.10. The Hall–Kier alpha value is -3.21. The molecule has 1 amide bonds. The first-order valence-corrected chi connectivity index (χ1v) is 10.8. The number of pyridine rings is 2. The number of hydrogen-bond acceptors (Lipinski definition) is 6. The Morgan fingerprint density at radius 1 is 1.19 bits per heavy atom. The smallest absolute Gasteiger partial charge is 0.228 e. The van der Waals surface area contributed by atoms with Crippen molar-refractivity contribution >= 4 is 45.1 Å². The van der Waals surface area contributed by atoms with Crippen molar-refractivity contribution in [2.24, 2.45) is 0 Å². The van der Waals surface area contributed by atoms with Crippen LogP contribution < -0.4 is 14.8 Å². The van der Waals surface area contributed by atoms with Gasteiger partial charge in [-0.2, -0.15) is 5.10 Å². The predicted molar refractivity (Wildman–Crippen MR) is 126 cm³/mol. The van der Waals surface area contributed by atoms with Crippen molar-refractivity contribution < 1.29 is 14.3 Å². The Labute approximate surface area is 192 Å². The molecule has 1 atom stereocenters. The van der Waals surface area contributed by atoms with E-state index in [0.29, 0.717) is 23.1 Å². The second kappa shape index (κ2) is 9.29. The minimum Gasteiger partial charge on any atom is -0.481 e. The average molecular weight is 529 g/mol. The number of ether oxygens (including phenoxy) is 2. The number of aromatic nitrogens is 4. The number of nitrogens with one attached hydrogen (secondary N) is 1. The third-order valence-electron chi connectivity index (χ3n) is 4.54. The fraction of sp³-hybridized carbons (Fsp3) is 0.182. The molecule has 0 spiro atoms. The van der Waals surface area contributed by atoms with E-state index in [1.807, 2.05) is 37.4 Å². The van der Waals surface area contributed by atoms with Gasteiger partial charge in [0.15, 0.2) is 0 Å². The Morgan fingerprint density at radius 3 is 2.71 bits per heavy atom. The summed E-state index contributed by atoms with van der Waals surface area (Å²) < 4.78 is 13.2. The summed E-state index contributed by atoms with van der Waals surface area (Å²) in [7, 11) is 1.56. The lowest BCUT2D eigenvalue weighted by Crippen LogP contribution is -2.13. The van der Waals surface area contributed by atoms with Crippen LogP contribution in [-0.2, 0) is 11.2 Å². The van der Waals surface area contributed by atoms with Gasteiger partial charge in [-0.15, -0.1) is 0 Å². The van der Waals surface area contributed by atoms with Crippen molar-refractivity contribution in [3.63, 3.8) is 0 Å². The summed E-state index contributed by atoms with van der Waals surface area (Å²) in [6.07, 6.45) is 7.07. The zero-order valence-electron chi connectivity index (χ0n) is 16.9. The van der Waals surface area contributed by atoms with Gasteiger partial charge >= 0.3 is 0 Å². The molecule has 0 fully saturated rings. The highest BCUT2D eigenvalue weighted by atomic mass is 127. The van der Waals surface area contributed by atoms with E-state index in [1.165, 1.54) is 0 Å². The highest BCUT2D eigenvalue weighted by molar-refractivity contribution is 14.1. The Balaban J connectivity index is 1.41. The van der Waals surface area contributed by atoms with Gasteiger partial charge in [0.25, 0.3) is 0 Å². The number of carbonyl (C=O) groups excluding carboxylic acids is 1. The fourth-order valence-corrected chi connectivity index (χ4v) is 3.29. The van der Waals surface area contributed by atoms with E-state index in [2.05, 4.69) is 43.0 Å². The molecule has 9 heteroatoms. The summed E-state index contributed by atoms with van der Waals surface area (Å²) >= 11 is 2.26. The zero-order valence-corrected chi connectivity index (χ0v) is 19.1. The Bertz CT molecular complexity index is 1210. The number of nitrogens with zero attached hydrogens (tertiary/aromatic N) is 4. The average Bonchev–Trinajstić information content (AvgIpc) is 3.23. The maximum Gasteiger partial charge on any atom is 0.228 e. The van der Waals surface area contributed by atoms with Gasteiger partial charge in [0.2, 0.25) is 11.8 Å². The summed E-state index contributed by atoms with van der Waals surface area (Å²) in [5.74, 6) is 1.70. The van der Waals surface area contributed by atoms with E-state index in [-0.39, 0.29) is 16.4 Å². The molecule has 3 heterocycles. The molecule has 3 aromatic heterocycles. The Kier molecular flexibility index (Phi) is 6.31. The largest absolute Gasteiger partial charge is 0.481 e. The maximum atomic E-state index is 12.3. The van der Waals surface area contributed by atoms with Gasteiger partial charge in [-0.25, -0.2) is 4.98 Å². The van der Waals surface area contributed by atoms with Crippen LogP contribution in [0.15, 0.2) is 61.2 Å². The van der Waals surface area contributed by atoms with Crippen molar-refractivity contribution in [3.8, 4) is 17.4 Å². The van der Waals surface area contributed by atoms with Crippen LogP contribution in [0, 0.1) is 0 Å². The number of halogens is 1. The topological polar surface area (TPSA) is 91.2 Å². The van der Waals surface area contributed by atoms with E-state index in [1.54, 1.807) is 42.5 Å². The molecule has 1 aromatic carbocycles. The monoisotopic (exact) mass is 529 g/mol.